The number of rotatable bonds is 3. The molecule has 1 aliphatic heterocycles. The molecule has 2 aromatic heterocycles. The number of aryl methyl sites for hydroxylation is 1. The predicted octanol–water partition coefficient (Wildman–Crippen LogP) is 9.99. The molecule has 0 saturated heterocycles. The molecule has 2 nitrogen and oxygen atoms in total. The largest absolute Gasteiger partial charge is 0.354 e. The second-order valence-electron chi connectivity index (χ2n) is 12.1. The summed E-state index contributed by atoms with van der Waals surface area (Å²) >= 11 is 1.87. The van der Waals surface area contributed by atoms with E-state index >= 15 is 0 Å². The Hall–Kier alpha value is -5.32. The van der Waals surface area contributed by atoms with Gasteiger partial charge in [-0.3, -0.25) is 0 Å². The molecule has 0 unspecified atom stereocenters. The molecule has 0 saturated carbocycles. The van der Waals surface area contributed by atoms with Crippen molar-refractivity contribution in [2.24, 2.45) is 0 Å². The fourth-order valence-electron chi connectivity index (χ4n) is 7.49. The van der Waals surface area contributed by atoms with Crippen LogP contribution in [0.15, 0.2) is 133 Å². The smallest absolute Gasteiger partial charge is 0.197 e. The Morgan fingerprint density at radius 1 is 0.622 bits per heavy atom. The van der Waals surface area contributed by atoms with E-state index in [0.29, 0.717) is 0 Å². The zero-order valence-corrected chi connectivity index (χ0v) is 25.5. The van der Waals surface area contributed by atoms with E-state index in [2.05, 4.69) is 158 Å². The van der Waals surface area contributed by atoms with E-state index in [0.717, 1.165) is 11.4 Å². The van der Waals surface area contributed by atoms with Gasteiger partial charge in [-0.2, -0.15) is 0 Å². The molecule has 0 atom stereocenters. The van der Waals surface area contributed by atoms with E-state index in [-0.39, 0.29) is 0 Å². The zero-order valence-electron chi connectivity index (χ0n) is 24.6. The molecule has 4 heteroatoms. The molecule has 3 heterocycles. The van der Waals surface area contributed by atoms with Crippen LogP contribution >= 0.6 is 11.3 Å². The van der Waals surface area contributed by atoms with Crippen LogP contribution in [0.5, 0.6) is 0 Å². The molecule has 0 spiro atoms. The van der Waals surface area contributed by atoms with Gasteiger partial charge in [-0.05, 0) is 53.2 Å². The number of thiophene rings is 1. The topological polar surface area (TPSA) is 17.0 Å². The lowest BCUT2D eigenvalue weighted by Crippen LogP contribution is -2.37. The Balaban J connectivity index is 1.35. The molecular weight excluding hydrogens is 563 g/mol. The first kappa shape index (κ1) is 25.1. The molecule has 1 radical (unpaired) electrons. The predicted molar refractivity (Wildman–Crippen MR) is 196 cm³/mol. The molecule has 1 aliphatic rings. The number of nitrogens with zero attached hydrogens (tertiary/aromatic N) is 1. The Labute approximate surface area is 265 Å². The standard InChI is InChI=1S/C41H26BN2S/c1-24-11-2-7-18-34(24)43-38-29(21-22-31-28-15-6-9-20-36(28)45-41(31)38)32-23-25-12-3-4-13-26(25)40-37(32)42-33-17-10-16-30-27-14-5-8-19-35(27)44(40)39(30)33/h2-23,43H,1H3. The Morgan fingerprint density at radius 3 is 2.29 bits per heavy atom. The normalized spacial score (nSPS) is 12.3. The monoisotopic (exact) mass is 589 g/mol. The lowest BCUT2D eigenvalue weighted by molar-refractivity contribution is 1.21. The molecule has 0 amide bonds. The summed E-state index contributed by atoms with van der Waals surface area (Å²) in [5.41, 5.74) is 12.3. The van der Waals surface area contributed by atoms with Gasteiger partial charge in [0.25, 0.3) is 0 Å². The van der Waals surface area contributed by atoms with Crippen LogP contribution in [0.4, 0.5) is 11.4 Å². The number of fused-ring (bicyclic) bond motifs is 10. The van der Waals surface area contributed by atoms with Crippen LogP contribution in [0.2, 0.25) is 0 Å². The SMILES string of the molecule is Cc1ccccc1Nc1c(-c2cc3ccccc3c3c2[B]c2cccc4c5ccccc5n-3c24)ccc2c1sc1ccccc12. The maximum atomic E-state index is 3.95. The summed E-state index contributed by atoms with van der Waals surface area (Å²) in [6, 6.07) is 48.9. The van der Waals surface area contributed by atoms with Crippen molar-refractivity contribution in [3.05, 3.63) is 139 Å². The van der Waals surface area contributed by atoms with Gasteiger partial charge in [-0.25, -0.2) is 0 Å². The molecule has 10 rings (SSSR count). The van der Waals surface area contributed by atoms with Crippen LogP contribution in [0.3, 0.4) is 0 Å². The van der Waals surface area contributed by atoms with Crippen LogP contribution in [-0.2, 0) is 0 Å². The van der Waals surface area contributed by atoms with Gasteiger partial charge in [-0.1, -0.05) is 115 Å². The summed E-state index contributed by atoms with van der Waals surface area (Å²) in [6.45, 7) is 2.18. The molecule has 45 heavy (non-hydrogen) atoms. The highest BCUT2D eigenvalue weighted by Crippen LogP contribution is 2.46. The van der Waals surface area contributed by atoms with Gasteiger partial charge in [0.1, 0.15) is 0 Å². The molecule has 0 fully saturated rings. The summed E-state index contributed by atoms with van der Waals surface area (Å²) in [6.07, 6.45) is 0. The number of nitrogens with one attached hydrogen (secondary N) is 1. The maximum Gasteiger partial charge on any atom is 0.197 e. The zero-order chi connectivity index (χ0) is 29.6. The highest BCUT2D eigenvalue weighted by Gasteiger charge is 2.28. The average molecular weight is 590 g/mol. The number of hydrogen-bond acceptors (Lipinski definition) is 2. The molecule has 0 bridgehead atoms. The first-order chi connectivity index (χ1) is 22.2. The molecular formula is C41H26BN2S. The highest BCUT2D eigenvalue weighted by molar-refractivity contribution is 7.26. The van der Waals surface area contributed by atoms with Crippen LogP contribution in [0.25, 0.3) is 69.6 Å². The molecule has 1 N–H and O–H groups in total. The fourth-order valence-corrected chi connectivity index (χ4v) is 8.69. The van der Waals surface area contributed by atoms with Crippen LogP contribution in [0, 0.1) is 6.92 Å². The molecule has 0 aliphatic carbocycles. The third-order valence-electron chi connectivity index (χ3n) is 9.55. The van der Waals surface area contributed by atoms with Gasteiger partial charge >= 0.3 is 0 Å². The van der Waals surface area contributed by atoms with Gasteiger partial charge < -0.3 is 9.88 Å². The minimum absolute atomic E-state index is 1.13. The van der Waals surface area contributed by atoms with Crippen molar-refractivity contribution in [1.82, 2.24) is 4.57 Å². The number of anilines is 2. The minimum Gasteiger partial charge on any atom is -0.354 e. The number of para-hydroxylation sites is 3. The van der Waals surface area contributed by atoms with Gasteiger partial charge in [0.2, 0.25) is 0 Å². The second-order valence-corrected chi connectivity index (χ2v) is 13.1. The average Bonchev–Trinajstić information content (AvgIpc) is 3.63. The summed E-state index contributed by atoms with van der Waals surface area (Å²) in [5.74, 6) is 0. The van der Waals surface area contributed by atoms with E-state index in [9.17, 15) is 0 Å². The van der Waals surface area contributed by atoms with E-state index < -0.39 is 0 Å². The molecule has 7 aromatic carbocycles. The number of benzene rings is 7. The number of hydrogen-bond donors (Lipinski definition) is 1. The summed E-state index contributed by atoms with van der Waals surface area (Å²) in [7, 11) is 2.42. The summed E-state index contributed by atoms with van der Waals surface area (Å²) < 4.78 is 5.11. The highest BCUT2D eigenvalue weighted by atomic mass is 32.1. The fraction of sp³-hybridized carbons (Fsp3) is 0.0244. The Kier molecular flexibility index (Phi) is 5.20. The summed E-state index contributed by atoms with van der Waals surface area (Å²) in [5, 5.41) is 11.6. The van der Waals surface area contributed by atoms with Crippen molar-refractivity contribution >= 4 is 93.7 Å². The summed E-state index contributed by atoms with van der Waals surface area (Å²) in [4.78, 5) is 0. The van der Waals surface area contributed by atoms with Crippen molar-refractivity contribution < 1.29 is 0 Å². The van der Waals surface area contributed by atoms with Crippen molar-refractivity contribution in [3.63, 3.8) is 0 Å². The van der Waals surface area contributed by atoms with Gasteiger partial charge in [0.15, 0.2) is 7.28 Å². The second kappa shape index (κ2) is 9.34. The first-order valence-corrected chi connectivity index (χ1v) is 16.3. The molecule has 9 aromatic rings. The third-order valence-corrected chi connectivity index (χ3v) is 10.8. The van der Waals surface area contributed by atoms with E-state index in [4.69, 9.17) is 0 Å². The van der Waals surface area contributed by atoms with E-state index in [1.165, 1.54) is 86.1 Å². The van der Waals surface area contributed by atoms with Crippen LogP contribution < -0.4 is 16.2 Å². The van der Waals surface area contributed by atoms with Crippen LogP contribution in [-0.4, -0.2) is 11.8 Å². The lowest BCUT2D eigenvalue weighted by Gasteiger charge is -2.26. The molecule has 209 valence electrons. The van der Waals surface area contributed by atoms with Gasteiger partial charge in [-0.15, -0.1) is 11.3 Å². The van der Waals surface area contributed by atoms with Crippen LogP contribution in [0.1, 0.15) is 5.56 Å². The third kappa shape index (κ3) is 3.52. The van der Waals surface area contributed by atoms with Crippen molar-refractivity contribution in [1.29, 1.82) is 0 Å². The Bertz CT molecular complexity index is 2680. The first-order valence-electron chi connectivity index (χ1n) is 15.4. The van der Waals surface area contributed by atoms with Gasteiger partial charge in [0, 0.05) is 54.1 Å². The lowest BCUT2D eigenvalue weighted by atomic mass is 9.58. The van der Waals surface area contributed by atoms with Gasteiger partial charge in [0.05, 0.1) is 15.9 Å². The van der Waals surface area contributed by atoms with E-state index in [1.807, 2.05) is 11.3 Å². The van der Waals surface area contributed by atoms with Crippen molar-refractivity contribution in [2.75, 3.05) is 5.32 Å². The van der Waals surface area contributed by atoms with E-state index in [1.54, 1.807) is 0 Å². The quantitative estimate of drug-likeness (QED) is 0.203. The maximum absolute atomic E-state index is 3.95. The van der Waals surface area contributed by atoms with Crippen molar-refractivity contribution in [2.45, 2.75) is 6.92 Å². The van der Waals surface area contributed by atoms with Crippen molar-refractivity contribution in [3.8, 4) is 16.8 Å². The Morgan fingerprint density at radius 2 is 1.38 bits per heavy atom. The minimum atomic E-state index is 1.13. The number of aromatic nitrogens is 1.